The molecule has 0 saturated heterocycles. The van der Waals surface area contributed by atoms with E-state index in [0.717, 1.165) is 22.0 Å². The molecule has 3 amide bonds. The van der Waals surface area contributed by atoms with Gasteiger partial charge in [-0.05, 0) is 35.4 Å². The first-order chi connectivity index (χ1) is 19.0. The second-order valence-corrected chi connectivity index (χ2v) is 10.7. The van der Waals surface area contributed by atoms with Crippen LogP contribution in [0.5, 0.6) is 0 Å². The van der Waals surface area contributed by atoms with E-state index in [4.69, 9.17) is 4.74 Å². The lowest BCUT2D eigenvalue weighted by Gasteiger charge is -2.27. The summed E-state index contributed by atoms with van der Waals surface area (Å²) < 4.78 is 5.37. The van der Waals surface area contributed by atoms with Crippen molar-refractivity contribution in [2.45, 2.75) is 65.2 Å². The maximum absolute atomic E-state index is 13.6. The smallest absolute Gasteiger partial charge is 0.445 e. The van der Waals surface area contributed by atoms with E-state index in [-0.39, 0.29) is 24.9 Å². The average Bonchev–Trinajstić information content (AvgIpc) is 3.32. The zero-order valence-electron chi connectivity index (χ0n) is 23.4. The van der Waals surface area contributed by atoms with E-state index in [1.54, 1.807) is 20.0 Å². The van der Waals surface area contributed by atoms with Gasteiger partial charge in [-0.25, -0.2) is 4.79 Å². The van der Waals surface area contributed by atoms with Crippen molar-refractivity contribution < 1.29 is 29.2 Å². The van der Waals surface area contributed by atoms with Crippen molar-refractivity contribution >= 4 is 35.9 Å². The Balaban J connectivity index is 1.79. The summed E-state index contributed by atoms with van der Waals surface area (Å²) in [4.78, 5) is 42.7. The minimum Gasteiger partial charge on any atom is -0.445 e. The number of para-hydroxylation sites is 1. The molecule has 0 aliphatic carbocycles. The molecule has 10 nitrogen and oxygen atoms in total. The van der Waals surface area contributed by atoms with Crippen molar-refractivity contribution in [3.8, 4) is 0 Å². The van der Waals surface area contributed by atoms with Gasteiger partial charge in [-0.1, -0.05) is 76.2 Å². The van der Waals surface area contributed by atoms with Crippen LogP contribution in [0.15, 0.2) is 60.8 Å². The molecule has 0 radical (unpaired) electrons. The number of alkyl carbamates (subject to hydrolysis) is 1. The van der Waals surface area contributed by atoms with Gasteiger partial charge < -0.3 is 35.7 Å². The molecule has 0 bridgehead atoms. The molecule has 0 saturated carbocycles. The van der Waals surface area contributed by atoms with Gasteiger partial charge >= 0.3 is 13.2 Å². The van der Waals surface area contributed by atoms with Gasteiger partial charge in [0.2, 0.25) is 11.8 Å². The van der Waals surface area contributed by atoms with E-state index >= 15 is 0 Å². The Hall–Kier alpha value is -3.83. The molecule has 2 aromatic carbocycles. The normalized spacial score (nSPS) is 13.5. The first kappa shape index (κ1) is 30.7. The number of rotatable bonds is 13. The number of fused-ring (bicyclic) bond motifs is 1. The fraction of sp³-hybridized carbons (Fsp3) is 0.414. The summed E-state index contributed by atoms with van der Waals surface area (Å²) in [7, 11) is -1.75. The van der Waals surface area contributed by atoms with Gasteiger partial charge in [-0.3, -0.25) is 9.59 Å². The molecular formula is C29H39BN4O6. The summed E-state index contributed by atoms with van der Waals surface area (Å²) in [5, 5.41) is 28.4. The van der Waals surface area contributed by atoms with E-state index in [0.29, 0.717) is 6.42 Å². The van der Waals surface area contributed by atoms with Crippen LogP contribution < -0.4 is 16.0 Å². The van der Waals surface area contributed by atoms with Crippen LogP contribution in [0.2, 0.25) is 0 Å². The van der Waals surface area contributed by atoms with Gasteiger partial charge in [0.05, 0.1) is 5.94 Å². The van der Waals surface area contributed by atoms with Gasteiger partial charge in [-0.15, -0.1) is 0 Å². The molecule has 1 heterocycles. The van der Waals surface area contributed by atoms with E-state index in [9.17, 15) is 24.4 Å². The molecule has 11 heteroatoms. The quantitative estimate of drug-likeness (QED) is 0.180. The minimum atomic E-state index is -1.75. The number of hydrogen-bond donors (Lipinski definition) is 6. The molecule has 40 heavy (non-hydrogen) atoms. The third kappa shape index (κ3) is 8.85. The molecule has 3 atom stereocenters. The molecule has 0 unspecified atom stereocenters. The number of amides is 3. The molecule has 0 spiro atoms. The van der Waals surface area contributed by atoms with E-state index in [2.05, 4.69) is 20.9 Å². The van der Waals surface area contributed by atoms with Gasteiger partial charge in [0.25, 0.3) is 0 Å². The van der Waals surface area contributed by atoms with Crippen LogP contribution in [0.4, 0.5) is 4.79 Å². The SMILES string of the molecule is CC(C)C[C@H](NC(=O)[C@H](Cc1c[nH]c2ccccc12)NC(=O)OCc1ccccc1)C(=O)N[C@H](B(O)O)C(C)C. The third-order valence-corrected chi connectivity index (χ3v) is 6.61. The predicted octanol–water partition coefficient (Wildman–Crippen LogP) is 2.69. The zero-order valence-corrected chi connectivity index (χ0v) is 23.4. The van der Waals surface area contributed by atoms with Gasteiger partial charge in [0.15, 0.2) is 0 Å². The molecule has 0 aliphatic rings. The highest BCUT2D eigenvalue weighted by molar-refractivity contribution is 6.43. The molecule has 3 rings (SSSR count). The number of carbonyl (C=O) groups excluding carboxylic acids is 3. The number of ether oxygens (including phenoxy) is 1. The number of carbonyl (C=O) groups is 3. The minimum absolute atomic E-state index is 0.0343. The number of benzene rings is 2. The third-order valence-electron chi connectivity index (χ3n) is 6.61. The molecule has 6 N–H and O–H groups in total. The predicted molar refractivity (Wildman–Crippen MR) is 154 cm³/mol. The number of nitrogens with one attached hydrogen (secondary N) is 4. The summed E-state index contributed by atoms with van der Waals surface area (Å²) in [6.07, 6.45) is 1.48. The number of hydrogen-bond acceptors (Lipinski definition) is 6. The van der Waals surface area contributed by atoms with Crippen LogP contribution in [-0.2, 0) is 27.4 Å². The van der Waals surface area contributed by atoms with Crippen LogP contribution in [0, 0.1) is 11.8 Å². The van der Waals surface area contributed by atoms with Crippen LogP contribution in [0.3, 0.4) is 0 Å². The summed E-state index contributed by atoms with van der Waals surface area (Å²) in [6, 6.07) is 14.8. The van der Waals surface area contributed by atoms with E-state index in [1.165, 1.54) is 0 Å². The Kier molecular flexibility index (Phi) is 11.2. The largest absolute Gasteiger partial charge is 0.475 e. The average molecular weight is 550 g/mol. The molecular weight excluding hydrogens is 511 g/mol. The molecule has 0 fully saturated rings. The Morgan fingerprint density at radius 2 is 1.52 bits per heavy atom. The number of H-pyrrole nitrogens is 1. The fourth-order valence-electron chi connectivity index (χ4n) is 4.46. The van der Waals surface area contributed by atoms with Gasteiger partial charge in [-0.2, -0.15) is 0 Å². The highest BCUT2D eigenvalue weighted by atomic mass is 16.5. The Labute approximate surface area is 235 Å². The lowest BCUT2D eigenvalue weighted by molar-refractivity contribution is -0.130. The second kappa shape index (κ2) is 14.5. The van der Waals surface area contributed by atoms with Crippen LogP contribution >= 0.6 is 0 Å². The Morgan fingerprint density at radius 1 is 0.875 bits per heavy atom. The molecule has 0 aliphatic heterocycles. The zero-order chi connectivity index (χ0) is 29.2. The van der Waals surface area contributed by atoms with Crippen molar-refractivity contribution in [2.75, 3.05) is 0 Å². The summed E-state index contributed by atoms with van der Waals surface area (Å²) in [6.45, 7) is 7.36. The van der Waals surface area contributed by atoms with Crippen molar-refractivity contribution in [3.63, 3.8) is 0 Å². The standard InChI is InChI=1S/C29H39BN4O6/c1-18(2)14-24(28(36)34-26(19(3)4)30(38)39)32-27(35)25(15-21-16-31-23-13-9-8-12-22(21)23)33-29(37)40-17-20-10-6-5-7-11-20/h5-13,16,18-19,24-26,31,38-39H,14-15,17H2,1-4H3,(H,32,35)(H,33,37)(H,34,36)/t24-,25-,26-/m0/s1. The molecule has 3 aromatic rings. The van der Waals surface area contributed by atoms with Crippen LogP contribution in [0.25, 0.3) is 10.9 Å². The van der Waals surface area contributed by atoms with Crippen molar-refractivity contribution in [2.24, 2.45) is 11.8 Å². The van der Waals surface area contributed by atoms with Crippen molar-refractivity contribution in [1.29, 1.82) is 0 Å². The molecule has 214 valence electrons. The summed E-state index contributed by atoms with van der Waals surface area (Å²) in [5.41, 5.74) is 2.50. The monoisotopic (exact) mass is 550 g/mol. The van der Waals surface area contributed by atoms with Gasteiger partial charge in [0, 0.05) is 23.5 Å². The van der Waals surface area contributed by atoms with Crippen LogP contribution in [0.1, 0.15) is 45.2 Å². The van der Waals surface area contributed by atoms with Crippen LogP contribution in [-0.4, -0.2) is 58.1 Å². The summed E-state index contributed by atoms with van der Waals surface area (Å²) >= 11 is 0. The van der Waals surface area contributed by atoms with Crippen molar-refractivity contribution in [3.05, 3.63) is 71.9 Å². The lowest BCUT2D eigenvalue weighted by atomic mass is 9.73. The summed E-state index contributed by atoms with van der Waals surface area (Å²) in [5.74, 6) is -2.22. The maximum atomic E-state index is 13.6. The molecule has 1 aromatic heterocycles. The van der Waals surface area contributed by atoms with Gasteiger partial charge in [0.1, 0.15) is 18.7 Å². The fourth-order valence-corrected chi connectivity index (χ4v) is 4.46. The number of aromatic amines is 1. The lowest BCUT2D eigenvalue weighted by Crippen LogP contribution is -2.58. The van der Waals surface area contributed by atoms with Crippen molar-refractivity contribution in [1.82, 2.24) is 20.9 Å². The maximum Gasteiger partial charge on any atom is 0.475 e. The topological polar surface area (TPSA) is 153 Å². The first-order valence-electron chi connectivity index (χ1n) is 13.5. The van der Waals surface area contributed by atoms with E-state index < -0.39 is 43.1 Å². The Bertz CT molecular complexity index is 1260. The first-order valence-corrected chi connectivity index (χ1v) is 13.5. The second-order valence-electron chi connectivity index (χ2n) is 10.7. The van der Waals surface area contributed by atoms with E-state index in [1.807, 2.05) is 68.4 Å². The number of aromatic nitrogens is 1. The highest BCUT2D eigenvalue weighted by Gasteiger charge is 2.33. The Morgan fingerprint density at radius 3 is 2.17 bits per heavy atom. The highest BCUT2D eigenvalue weighted by Crippen LogP contribution is 2.19.